The first-order valence-corrected chi connectivity index (χ1v) is 7.98. The predicted octanol–water partition coefficient (Wildman–Crippen LogP) is 3.92. The molecule has 2 N–H and O–H groups in total. The van der Waals surface area contributed by atoms with Gasteiger partial charge in [-0.1, -0.05) is 11.6 Å². The summed E-state index contributed by atoms with van der Waals surface area (Å²) in [4.78, 5) is 7.72. The highest BCUT2D eigenvalue weighted by atomic mass is 35.5. The van der Waals surface area contributed by atoms with Crippen LogP contribution in [0.2, 0.25) is 5.02 Å². The van der Waals surface area contributed by atoms with Crippen LogP contribution in [0.4, 0.5) is 4.39 Å². The first-order chi connectivity index (χ1) is 12.2. The zero-order chi connectivity index (χ0) is 17.4. The van der Waals surface area contributed by atoms with E-state index >= 15 is 0 Å². The maximum absolute atomic E-state index is 13.8. The van der Waals surface area contributed by atoms with Crippen molar-refractivity contribution in [3.63, 3.8) is 0 Å². The highest BCUT2D eigenvalue weighted by Crippen LogP contribution is 2.30. The molecule has 2 aromatic carbocycles. The van der Waals surface area contributed by atoms with Gasteiger partial charge in [-0.15, -0.1) is 0 Å². The van der Waals surface area contributed by atoms with Crippen molar-refractivity contribution in [3.8, 4) is 17.3 Å². The minimum atomic E-state index is -0.498. The van der Waals surface area contributed by atoms with Crippen molar-refractivity contribution < 1.29 is 13.9 Å². The minimum Gasteiger partial charge on any atom is -0.491 e. The van der Waals surface area contributed by atoms with Crippen molar-refractivity contribution in [2.45, 2.75) is 0 Å². The maximum atomic E-state index is 13.8. The number of aromatic amines is 2. The van der Waals surface area contributed by atoms with E-state index in [9.17, 15) is 4.39 Å². The number of methoxy groups -OCH3 is 1. The van der Waals surface area contributed by atoms with Crippen LogP contribution < -0.4 is 4.74 Å². The van der Waals surface area contributed by atoms with Crippen LogP contribution in [0.3, 0.4) is 0 Å². The summed E-state index contributed by atoms with van der Waals surface area (Å²) < 4.78 is 24.4. The molecule has 0 aliphatic heterocycles. The standard InChI is InChI=1S/C17H14ClFN4O2/c1-24-4-5-25-9-2-3-13-15(6-9)21-17(20-13)16-10-7-12(19)11(18)8-14(10)22-23-16/h2-3,6-8H,4-5H2,1H3,(H,20,21)(H,22,23). The van der Waals surface area contributed by atoms with Gasteiger partial charge in [0.2, 0.25) is 0 Å². The van der Waals surface area contributed by atoms with Gasteiger partial charge in [-0.2, -0.15) is 5.10 Å². The van der Waals surface area contributed by atoms with Crippen molar-refractivity contribution in [1.82, 2.24) is 20.2 Å². The molecule has 25 heavy (non-hydrogen) atoms. The minimum absolute atomic E-state index is 0.0464. The summed E-state index contributed by atoms with van der Waals surface area (Å²) in [6, 6.07) is 8.40. The molecule has 0 aliphatic rings. The van der Waals surface area contributed by atoms with Crippen LogP contribution in [0, 0.1) is 5.82 Å². The molecule has 0 atom stereocenters. The fourth-order valence-electron chi connectivity index (χ4n) is 2.63. The SMILES string of the molecule is COCCOc1ccc2nc(-c3n[nH]c4cc(Cl)c(F)cc34)[nH]c2c1. The number of H-pyrrole nitrogens is 2. The smallest absolute Gasteiger partial charge is 0.159 e. The zero-order valence-corrected chi connectivity index (χ0v) is 14.0. The van der Waals surface area contributed by atoms with Gasteiger partial charge in [0.25, 0.3) is 0 Å². The lowest BCUT2D eigenvalue weighted by Crippen LogP contribution is -2.03. The molecule has 6 nitrogen and oxygen atoms in total. The monoisotopic (exact) mass is 360 g/mol. The van der Waals surface area contributed by atoms with Crippen molar-refractivity contribution in [1.29, 1.82) is 0 Å². The number of benzene rings is 2. The summed E-state index contributed by atoms with van der Waals surface area (Å²) in [7, 11) is 1.62. The van der Waals surface area contributed by atoms with Gasteiger partial charge in [-0.05, 0) is 24.3 Å². The number of halogens is 2. The number of nitrogens with one attached hydrogen (secondary N) is 2. The zero-order valence-electron chi connectivity index (χ0n) is 13.3. The van der Waals surface area contributed by atoms with E-state index in [1.54, 1.807) is 7.11 Å². The Bertz CT molecular complexity index is 1060. The molecule has 4 aromatic rings. The second-order valence-electron chi connectivity index (χ2n) is 5.49. The number of nitrogens with zero attached hydrogens (tertiary/aromatic N) is 2. The van der Waals surface area contributed by atoms with Crippen molar-refractivity contribution in [3.05, 3.63) is 41.2 Å². The molecule has 0 saturated carbocycles. The lowest BCUT2D eigenvalue weighted by molar-refractivity contribution is 0.146. The maximum Gasteiger partial charge on any atom is 0.159 e. The topological polar surface area (TPSA) is 75.8 Å². The van der Waals surface area contributed by atoms with Crippen LogP contribution >= 0.6 is 11.6 Å². The van der Waals surface area contributed by atoms with Crippen LogP contribution in [0.5, 0.6) is 5.75 Å². The van der Waals surface area contributed by atoms with E-state index in [1.165, 1.54) is 12.1 Å². The quantitative estimate of drug-likeness (QED) is 0.529. The second kappa shape index (κ2) is 6.34. The van der Waals surface area contributed by atoms with Crippen molar-refractivity contribution in [2.75, 3.05) is 20.3 Å². The Balaban J connectivity index is 1.73. The third kappa shape index (κ3) is 2.92. The molecule has 8 heteroatoms. The number of imidazole rings is 1. The molecule has 0 unspecified atom stereocenters. The second-order valence-corrected chi connectivity index (χ2v) is 5.90. The van der Waals surface area contributed by atoms with Crippen LogP contribution in [0.1, 0.15) is 0 Å². The number of hydrogen-bond donors (Lipinski definition) is 2. The Kier molecular flexibility index (Phi) is 4.03. The summed E-state index contributed by atoms with van der Waals surface area (Å²) >= 11 is 5.81. The summed E-state index contributed by atoms with van der Waals surface area (Å²) in [5.41, 5.74) is 2.74. The number of ether oxygens (including phenoxy) is 2. The summed E-state index contributed by atoms with van der Waals surface area (Å²) in [5, 5.41) is 7.73. The van der Waals surface area contributed by atoms with Crippen LogP contribution in [-0.4, -0.2) is 40.5 Å². The Morgan fingerprint density at radius 3 is 2.88 bits per heavy atom. The third-order valence-electron chi connectivity index (χ3n) is 3.84. The first kappa shape index (κ1) is 15.9. The average Bonchev–Trinajstić information content (AvgIpc) is 3.18. The van der Waals surface area contributed by atoms with Crippen LogP contribution in [0.15, 0.2) is 30.3 Å². The molecular formula is C17H14ClFN4O2. The molecule has 0 aliphatic carbocycles. The van der Waals surface area contributed by atoms with Gasteiger partial charge in [0, 0.05) is 18.6 Å². The van der Waals surface area contributed by atoms with E-state index in [2.05, 4.69) is 20.2 Å². The van der Waals surface area contributed by atoms with Crippen LogP contribution in [-0.2, 0) is 4.74 Å². The van der Waals surface area contributed by atoms with Gasteiger partial charge in [-0.3, -0.25) is 5.10 Å². The summed E-state index contributed by atoms with van der Waals surface area (Å²) in [6.45, 7) is 0.979. The van der Waals surface area contributed by atoms with Crippen LogP contribution in [0.25, 0.3) is 33.5 Å². The molecule has 2 heterocycles. The molecule has 2 aromatic heterocycles. The molecule has 4 rings (SSSR count). The molecule has 0 saturated heterocycles. The summed E-state index contributed by atoms with van der Waals surface area (Å²) in [5.74, 6) is 0.753. The number of hydrogen-bond acceptors (Lipinski definition) is 4. The van der Waals surface area contributed by atoms with Gasteiger partial charge in [0.05, 0.1) is 28.2 Å². The molecule has 0 spiro atoms. The molecule has 0 amide bonds. The highest BCUT2D eigenvalue weighted by Gasteiger charge is 2.15. The Hall–Kier alpha value is -2.64. The Labute approximate surface area is 146 Å². The lowest BCUT2D eigenvalue weighted by atomic mass is 10.2. The Morgan fingerprint density at radius 1 is 1.16 bits per heavy atom. The number of aromatic nitrogens is 4. The predicted molar refractivity (Wildman–Crippen MR) is 93.5 cm³/mol. The van der Waals surface area contributed by atoms with Crippen molar-refractivity contribution in [2.24, 2.45) is 0 Å². The molecule has 0 radical (unpaired) electrons. The van der Waals surface area contributed by atoms with E-state index in [1.807, 2.05) is 18.2 Å². The van der Waals surface area contributed by atoms with Gasteiger partial charge >= 0.3 is 0 Å². The summed E-state index contributed by atoms with van der Waals surface area (Å²) in [6.07, 6.45) is 0. The first-order valence-electron chi connectivity index (χ1n) is 7.60. The van der Waals surface area contributed by atoms with E-state index in [4.69, 9.17) is 21.1 Å². The van der Waals surface area contributed by atoms with E-state index < -0.39 is 5.82 Å². The van der Waals surface area contributed by atoms with E-state index in [0.717, 1.165) is 11.0 Å². The average molecular weight is 361 g/mol. The number of fused-ring (bicyclic) bond motifs is 2. The molecule has 128 valence electrons. The molecular weight excluding hydrogens is 347 g/mol. The van der Waals surface area contributed by atoms with Crippen molar-refractivity contribution >= 4 is 33.5 Å². The lowest BCUT2D eigenvalue weighted by Gasteiger charge is -2.04. The molecule has 0 bridgehead atoms. The normalized spacial score (nSPS) is 11.5. The third-order valence-corrected chi connectivity index (χ3v) is 4.13. The Morgan fingerprint density at radius 2 is 2.04 bits per heavy atom. The fourth-order valence-corrected chi connectivity index (χ4v) is 2.79. The van der Waals surface area contributed by atoms with E-state index in [-0.39, 0.29) is 5.02 Å². The van der Waals surface area contributed by atoms with Gasteiger partial charge in [-0.25, -0.2) is 9.37 Å². The van der Waals surface area contributed by atoms with Gasteiger partial charge in [0.15, 0.2) is 5.82 Å². The van der Waals surface area contributed by atoms with E-state index in [0.29, 0.717) is 41.4 Å². The largest absolute Gasteiger partial charge is 0.491 e. The number of rotatable bonds is 5. The molecule has 0 fully saturated rings. The fraction of sp³-hybridized carbons (Fsp3) is 0.176. The van der Waals surface area contributed by atoms with Gasteiger partial charge < -0.3 is 14.5 Å². The van der Waals surface area contributed by atoms with Gasteiger partial charge in [0.1, 0.15) is 23.9 Å². The highest BCUT2D eigenvalue weighted by molar-refractivity contribution is 6.31.